The molecular formula is C16H30N2O3. The smallest absolute Gasteiger partial charge is 0.224 e. The van der Waals surface area contributed by atoms with Gasteiger partial charge in [0.1, 0.15) is 0 Å². The van der Waals surface area contributed by atoms with Crippen molar-refractivity contribution in [3.63, 3.8) is 0 Å². The summed E-state index contributed by atoms with van der Waals surface area (Å²) in [6.45, 7) is 8.81. The average molecular weight is 298 g/mol. The Bertz CT molecular complexity index is 327. The van der Waals surface area contributed by atoms with E-state index in [2.05, 4.69) is 18.7 Å². The van der Waals surface area contributed by atoms with Gasteiger partial charge in [0.25, 0.3) is 0 Å². The Balaban J connectivity index is 1.65. The van der Waals surface area contributed by atoms with Gasteiger partial charge < -0.3 is 14.7 Å². The minimum absolute atomic E-state index is 0.170. The minimum Gasteiger partial charge on any atom is -0.391 e. The second-order valence-corrected chi connectivity index (χ2v) is 6.70. The molecule has 1 saturated carbocycles. The van der Waals surface area contributed by atoms with E-state index in [9.17, 15) is 9.90 Å². The second kappa shape index (κ2) is 8.11. The molecule has 1 aliphatic carbocycles. The van der Waals surface area contributed by atoms with Crippen molar-refractivity contribution in [2.45, 2.75) is 51.7 Å². The summed E-state index contributed by atoms with van der Waals surface area (Å²) in [5, 5.41) is 9.97. The number of ether oxygens (including phenoxy) is 1. The number of aliphatic hydroxyl groups is 1. The second-order valence-electron chi connectivity index (χ2n) is 6.70. The van der Waals surface area contributed by atoms with Crippen LogP contribution in [0.25, 0.3) is 0 Å². The van der Waals surface area contributed by atoms with E-state index in [4.69, 9.17) is 4.74 Å². The maximum absolute atomic E-state index is 12.1. The van der Waals surface area contributed by atoms with Gasteiger partial charge >= 0.3 is 0 Å². The van der Waals surface area contributed by atoms with Gasteiger partial charge in [-0.2, -0.15) is 0 Å². The number of amides is 1. The van der Waals surface area contributed by atoms with Crippen LogP contribution in [0.5, 0.6) is 0 Å². The number of rotatable bonds is 6. The lowest BCUT2D eigenvalue weighted by Gasteiger charge is -2.39. The van der Waals surface area contributed by atoms with Crippen LogP contribution in [0, 0.1) is 5.92 Å². The van der Waals surface area contributed by atoms with Crippen molar-refractivity contribution in [2.24, 2.45) is 5.92 Å². The highest BCUT2D eigenvalue weighted by molar-refractivity contribution is 5.76. The SMILES string of the molecule is CC(C)COCCC(=O)N1CCN([C@@H]2CCC[C@H]2O)CC1. The Kier molecular flexibility index (Phi) is 6.45. The zero-order chi connectivity index (χ0) is 15.2. The molecule has 1 aliphatic heterocycles. The molecule has 1 amide bonds. The number of hydrogen-bond acceptors (Lipinski definition) is 4. The maximum atomic E-state index is 12.1. The molecule has 2 aliphatic rings. The molecule has 0 radical (unpaired) electrons. The van der Waals surface area contributed by atoms with Crippen molar-refractivity contribution in [3.05, 3.63) is 0 Å². The maximum Gasteiger partial charge on any atom is 0.224 e. The predicted octanol–water partition coefficient (Wildman–Crippen LogP) is 1.11. The quantitative estimate of drug-likeness (QED) is 0.746. The Morgan fingerprint density at radius 3 is 2.52 bits per heavy atom. The van der Waals surface area contributed by atoms with Crippen LogP contribution in [-0.4, -0.2) is 72.4 Å². The molecule has 0 aromatic carbocycles. The van der Waals surface area contributed by atoms with Gasteiger partial charge in [-0.05, 0) is 25.2 Å². The summed E-state index contributed by atoms with van der Waals surface area (Å²) >= 11 is 0. The third-order valence-corrected chi connectivity index (χ3v) is 4.49. The lowest BCUT2D eigenvalue weighted by Crippen LogP contribution is -2.53. The molecule has 0 aromatic rings. The van der Waals surface area contributed by atoms with Gasteiger partial charge in [0.15, 0.2) is 0 Å². The minimum atomic E-state index is -0.170. The van der Waals surface area contributed by atoms with Gasteiger partial charge in [0.05, 0.1) is 19.1 Å². The van der Waals surface area contributed by atoms with Crippen molar-refractivity contribution in [1.82, 2.24) is 9.80 Å². The molecule has 0 aromatic heterocycles. The Labute approximate surface area is 128 Å². The van der Waals surface area contributed by atoms with Crippen LogP contribution in [0.3, 0.4) is 0 Å². The van der Waals surface area contributed by atoms with Gasteiger partial charge in [0.2, 0.25) is 5.91 Å². The molecule has 1 N–H and O–H groups in total. The van der Waals surface area contributed by atoms with Crippen LogP contribution in [0.1, 0.15) is 39.5 Å². The number of nitrogens with zero attached hydrogens (tertiary/aromatic N) is 2. The van der Waals surface area contributed by atoms with Crippen LogP contribution in [0.2, 0.25) is 0 Å². The average Bonchev–Trinajstić information content (AvgIpc) is 2.89. The molecule has 2 rings (SSSR count). The Morgan fingerprint density at radius 1 is 1.24 bits per heavy atom. The van der Waals surface area contributed by atoms with Crippen molar-refractivity contribution in [3.8, 4) is 0 Å². The van der Waals surface area contributed by atoms with Crippen LogP contribution in [0.15, 0.2) is 0 Å². The van der Waals surface area contributed by atoms with E-state index in [0.29, 0.717) is 25.0 Å². The number of carbonyl (C=O) groups excluding carboxylic acids is 1. The highest BCUT2D eigenvalue weighted by atomic mass is 16.5. The Morgan fingerprint density at radius 2 is 1.95 bits per heavy atom. The zero-order valence-corrected chi connectivity index (χ0v) is 13.5. The van der Waals surface area contributed by atoms with Gasteiger partial charge in [-0.3, -0.25) is 9.69 Å². The fraction of sp³-hybridized carbons (Fsp3) is 0.938. The van der Waals surface area contributed by atoms with Crippen molar-refractivity contribution in [2.75, 3.05) is 39.4 Å². The largest absolute Gasteiger partial charge is 0.391 e. The van der Waals surface area contributed by atoms with Gasteiger partial charge in [-0.25, -0.2) is 0 Å². The summed E-state index contributed by atoms with van der Waals surface area (Å²) in [4.78, 5) is 16.4. The summed E-state index contributed by atoms with van der Waals surface area (Å²) in [5.74, 6) is 0.715. The molecule has 5 nitrogen and oxygen atoms in total. The fourth-order valence-corrected chi connectivity index (χ4v) is 3.29. The van der Waals surface area contributed by atoms with Crippen LogP contribution in [-0.2, 0) is 9.53 Å². The van der Waals surface area contributed by atoms with Crippen LogP contribution >= 0.6 is 0 Å². The summed E-state index contributed by atoms with van der Waals surface area (Å²) < 4.78 is 5.48. The summed E-state index contributed by atoms with van der Waals surface area (Å²) in [6, 6.07) is 0.316. The summed E-state index contributed by atoms with van der Waals surface area (Å²) in [7, 11) is 0. The standard InChI is InChI=1S/C16H30N2O3/c1-13(2)12-21-11-6-16(20)18-9-7-17(8-10-18)14-4-3-5-15(14)19/h13-15,19H,3-12H2,1-2H3/t14-,15-/m1/s1. The first-order valence-corrected chi connectivity index (χ1v) is 8.35. The highest BCUT2D eigenvalue weighted by Gasteiger charge is 2.33. The normalized spacial score (nSPS) is 27.5. The van der Waals surface area contributed by atoms with Gasteiger partial charge in [-0.15, -0.1) is 0 Å². The third-order valence-electron chi connectivity index (χ3n) is 4.49. The lowest BCUT2D eigenvalue weighted by molar-refractivity contribution is -0.134. The van der Waals surface area contributed by atoms with Crippen molar-refractivity contribution < 1.29 is 14.6 Å². The predicted molar refractivity (Wildman–Crippen MR) is 82.1 cm³/mol. The highest BCUT2D eigenvalue weighted by Crippen LogP contribution is 2.25. The molecular weight excluding hydrogens is 268 g/mol. The lowest BCUT2D eigenvalue weighted by atomic mass is 10.1. The molecule has 0 unspecified atom stereocenters. The number of carbonyl (C=O) groups is 1. The van der Waals surface area contributed by atoms with E-state index < -0.39 is 0 Å². The summed E-state index contributed by atoms with van der Waals surface area (Å²) in [6.07, 6.45) is 3.46. The Hall–Kier alpha value is -0.650. The molecule has 5 heteroatoms. The number of aliphatic hydroxyl groups excluding tert-OH is 1. The van der Waals surface area contributed by atoms with E-state index in [1.807, 2.05) is 4.90 Å². The third kappa shape index (κ3) is 4.94. The molecule has 122 valence electrons. The molecule has 2 fully saturated rings. The molecule has 21 heavy (non-hydrogen) atoms. The van der Waals surface area contributed by atoms with E-state index >= 15 is 0 Å². The number of hydrogen-bond donors (Lipinski definition) is 1. The molecule has 1 heterocycles. The van der Waals surface area contributed by atoms with Crippen molar-refractivity contribution in [1.29, 1.82) is 0 Å². The van der Waals surface area contributed by atoms with E-state index in [1.54, 1.807) is 0 Å². The first-order chi connectivity index (χ1) is 10.1. The monoisotopic (exact) mass is 298 g/mol. The van der Waals surface area contributed by atoms with E-state index in [-0.39, 0.29) is 12.0 Å². The molecule has 2 atom stereocenters. The van der Waals surface area contributed by atoms with Gasteiger partial charge in [0, 0.05) is 38.8 Å². The number of piperazine rings is 1. The molecule has 0 spiro atoms. The van der Waals surface area contributed by atoms with Gasteiger partial charge in [-0.1, -0.05) is 13.8 Å². The fourth-order valence-electron chi connectivity index (χ4n) is 3.29. The molecule has 1 saturated heterocycles. The van der Waals surface area contributed by atoms with Crippen molar-refractivity contribution >= 4 is 5.91 Å². The first kappa shape index (κ1) is 16.7. The van der Waals surface area contributed by atoms with E-state index in [1.165, 1.54) is 0 Å². The molecule has 0 bridgehead atoms. The topological polar surface area (TPSA) is 53.0 Å². The van der Waals surface area contributed by atoms with Crippen LogP contribution in [0.4, 0.5) is 0 Å². The zero-order valence-electron chi connectivity index (χ0n) is 13.5. The van der Waals surface area contributed by atoms with Crippen LogP contribution < -0.4 is 0 Å². The van der Waals surface area contributed by atoms with E-state index in [0.717, 1.165) is 52.0 Å². The first-order valence-electron chi connectivity index (χ1n) is 8.35. The summed E-state index contributed by atoms with van der Waals surface area (Å²) in [5.41, 5.74) is 0.